The molecule has 0 fully saturated rings. The molecular formula is C20H24N2O5. The Kier molecular flexibility index (Phi) is 7.96. The number of ether oxygens (including phenoxy) is 4. The SMILES string of the molecule is COC(=O)N/N=C\c1ccc(OC[C@@H](C)COc2ccccc2)c(OC)c1. The summed E-state index contributed by atoms with van der Waals surface area (Å²) in [7, 11) is 2.84. The minimum atomic E-state index is -0.634. The molecule has 0 radical (unpaired) electrons. The number of hydrazone groups is 1. The third-order valence-corrected chi connectivity index (χ3v) is 3.54. The predicted octanol–water partition coefficient (Wildman–Crippen LogP) is 3.48. The molecule has 144 valence electrons. The van der Waals surface area contributed by atoms with E-state index in [0.29, 0.717) is 24.7 Å². The molecule has 7 heteroatoms. The zero-order chi connectivity index (χ0) is 19.5. The van der Waals surface area contributed by atoms with Gasteiger partial charge in [-0.1, -0.05) is 25.1 Å². The van der Waals surface area contributed by atoms with Gasteiger partial charge in [-0.25, -0.2) is 10.2 Å². The zero-order valence-corrected chi connectivity index (χ0v) is 15.7. The average molecular weight is 372 g/mol. The standard InChI is InChI=1S/C20H24N2O5/c1-15(13-26-17-7-5-4-6-8-17)14-27-18-10-9-16(11-19(18)24-2)12-21-22-20(23)25-3/h4-12,15H,13-14H2,1-3H3,(H,22,23)/b21-12-/t15-/m0/s1. The van der Waals surface area contributed by atoms with Crippen LogP contribution in [0.3, 0.4) is 0 Å². The van der Waals surface area contributed by atoms with Crippen LogP contribution in [0.5, 0.6) is 17.2 Å². The molecule has 0 heterocycles. The summed E-state index contributed by atoms with van der Waals surface area (Å²) < 4.78 is 21.4. The first-order valence-corrected chi connectivity index (χ1v) is 8.48. The summed E-state index contributed by atoms with van der Waals surface area (Å²) in [5, 5.41) is 3.78. The molecule has 0 aliphatic carbocycles. The van der Waals surface area contributed by atoms with Crippen molar-refractivity contribution in [1.29, 1.82) is 0 Å². The van der Waals surface area contributed by atoms with Crippen molar-refractivity contribution >= 4 is 12.3 Å². The molecule has 1 N–H and O–H groups in total. The number of para-hydroxylation sites is 1. The molecule has 1 amide bonds. The van der Waals surface area contributed by atoms with Crippen molar-refractivity contribution < 1.29 is 23.7 Å². The molecule has 0 aliphatic rings. The molecule has 2 rings (SSSR count). The largest absolute Gasteiger partial charge is 0.493 e. The molecule has 0 bridgehead atoms. The van der Waals surface area contributed by atoms with E-state index in [1.807, 2.05) is 36.4 Å². The van der Waals surface area contributed by atoms with Crippen molar-refractivity contribution in [2.24, 2.45) is 11.0 Å². The lowest BCUT2D eigenvalue weighted by Crippen LogP contribution is -2.17. The van der Waals surface area contributed by atoms with Crippen LogP contribution in [-0.4, -0.2) is 39.7 Å². The Morgan fingerprint density at radius 2 is 1.81 bits per heavy atom. The van der Waals surface area contributed by atoms with Crippen LogP contribution in [0.1, 0.15) is 12.5 Å². The minimum Gasteiger partial charge on any atom is -0.493 e. The van der Waals surface area contributed by atoms with E-state index in [2.05, 4.69) is 22.2 Å². The normalized spacial score (nSPS) is 11.7. The Morgan fingerprint density at radius 3 is 2.52 bits per heavy atom. The van der Waals surface area contributed by atoms with Gasteiger partial charge in [0, 0.05) is 5.92 Å². The van der Waals surface area contributed by atoms with Crippen LogP contribution < -0.4 is 19.6 Å². The third-order valence-electron chi connectivity index (χ3n) is 3.54. The summed E-state index contributed by atoms with van der Waals surface area (Å²) in [6.07, 6.45) is 0.851. The first-order valence-electron chi connectivity index (χ1n) is 8.48. The molecular weight excluding hydrogens is 348 g/mol. The highest BCUT2D eigenvalue weighted by Crippen LogP contribution is 2.28. The van der Waals surface area contributed by atoms with Crippen LogP contribution in [0.25, 0.3) is 0 Å². The summed E-state index contributed by atoms with van der Waals surface area (Å²) in [4.78, 5) is 11.0. The van der Waals surface area contributed by atoms with Gasteiger partial charge in [0.25, 0.3) is 0 Å². The van der Waals surface area contributed by atoms with Crippen LogP contribution in [0, 0.1) is 5.92 Å². The molecule has 7 nitrogen and oxygen atoms in total. The zero-order valence-electron chi connectivity index (χ0n) is 15.7. The summed E-state index contributed by atoms with van der Waals surface area (Å²) in [6, 6.07) is 15.0. The van der Waals surface area contributed by atoms with Crippen LogP contribution >= 0.6 is 0 Å². The number of hydrogen-bond donors (Lipinski definition) is 1. The number of methoxy groups -OCH3 is 2. The van der Waals surface area contributed by atoms with Crippen molar-refractivity contribution in [2.75, 3.05) is 27.4 Å². The lowest BCUT2D eigenvalue weighted by Gasteiger charge is -2.16. The Morgan fingerprint density at radius 1 is 1.07 bits per heavy atom. The van der Waals surface area contributed by atoms with E-state index in [1.165, 1.54) is 13.3 Å². The number of carbonyl (C=O) groups excluding carboxylic acids is 1. The van der Waals surface area contributed by atoms with Crippen LogP contribution in [0.2, 0.25) is 0 Å². The van der Waals surface area contributed by atoms with Gasteiger partial charge in [0.1, 0.15) is 5.75 Å². The first kappa shape index (κ1) is 20.1. The van der Waals surface area contributed by atoms with Crippen LogP contribution in [0.4, 0.5) is 4.79 Å². The minimum absolute atomic E-state index is 0.195. The Hall–Kier alpha value is -3.22. The maximum Gasteiger partial charge on any atom is 0.427 e. The van der Waals surface area contributed by atoms with Crippen molar-refractivity contribution in [1.82, 2.24) is 5.43 Å². The molecule has 2 aromatic rings. The highest BCUT2D eigenvalue weighted by atomic mass is 16.5. The summed E-state index contributed by atoms with van der Waals surface area (Å²) in [5.74, 6) is 2.24. The Bertz CT molecular complexity index is 749. The van der Waals surface area contributed by atoms with Gasteiger partial charge in [0.15, 0.2) is 11.5 Å². The second kappa shape index (κ2) is 10.7. The Labute approximate surface area is 158 Å². The van der Waals surface area contributed by atoms with E-state index in [9.17, 15) is 4.79 Å². The lowest BCUT2D eigenvalue weighted by molar-refractivity contribution is 0.171. The van der Waals surface area contributed by atoms with E-state index in [4.69, 9.17) is 14.2 Å². The topological polar surface area (TPSA) is 78.4 Å². The fourth-order valence-corrected chi connectivity index (χ4v) is 2.12. The van der Waals surface area contributed by atoms with Crippen molar-refractivity contribution in [3.63, 3.8) is 0 Å². The number of rotatable bonds is 9. The van der Waals surface area contributed by atoms with E-state index in [-0.39, 0.29) is 5.92 Å². The molecule has 0 unspecified atom stereocenters. The highest BCUT2D eigenvalue weighted by Gasteiger charge is 2.09. The molecule has 0 spiro atoms. The third kappa shape index (κ3) is 6.89. The second-order valence-electron chi connectivity index (χ2n) is 5.81. The van der Waals surface area contributed by atoms with Crippen molar-refractivity contribution in [3.05, 3.63) is 54.1 Å². The van der Waals surface area contributed by atoms with Gasteiger partial charge in [-0.05, 0) is 35.9 Å². The quantitative estimate of drug-likeness (QED) is 0.539. The number of amides is 1. The average Bonchev–Trinajstić information content (AvgIpc) is 2.71. The maximum atomic E-state index is 11.0. The molecule has 1 atom stereocenters. The Balaban J connectivity index is 1.87. The predicted molar refractivity (Wildman–Crippen MR) is 103 cm³/mol. The van der Waals surface area contributed by atoms with Gasteiger partial charge in [0.05, 0.1) is 33.6 Å². The van der Waals surface area contributed by atoms with Gasteiger partial charge in [-0.3, -0.25) is 0 Å². The summed E-state index contributed by atoms with van der Waals surface area (Å²) >= 11 is 0. The van der Waals surface area contributed by atoms with Crippen molar-refractivity contribution in [3.8, 4) is 17.2 Å². The first-order chi connectivity index (χ1) is 13.1. The number of nitrogens with one attached hydrogen (secondary N) is 1. The molecule has 0 aliphatic heterocycles. The maximum absolute atomic E-state index is 11.0. The number of hydrogen-bond acceptors (Lipinski definition) is 6. The second-order valence-corrected chi connectivity index (χ2v) is 5.81. The van der Waals surface area contributed by atoms with Crippen molar-refractivity contribution in [2.45, 2.75) is 6.92 Å². The smallest absolute Gasteiger partial charge is 0.427 e. The van der Waals surface area contributed by atoms with Crippen LogP contribution in [-0.2, 0) is 4.74 Å². The molecule has 0 aromatic heterocycles. The summed E-state index contributed by atoms with van der Waals surface area (Å²) in [6.45, 7) is 3.09. The fourth-order valence-electron chi connectivity index (χ4n) is 2.12. The molecule has 27 heavy (non-hydrogen) atoms. The lowest BCUT2D eigenvalue weighted by atomic mass is 10.2. The van der Waals surface area contributed by atoms with Gasteiger partial charge < -0.3 is 18.9 Å². The number of carbonyl (C=O) groups is 1. The van der Waals surface area contributed by atoms with Gasteiger partial charge in [0.2, 0.25) is 0 Å². The van der Waals surface area contributed by atoms with Gasteiger partial charge in [-0.2, -0.15) is 5.10 Å². The number of nitrogens with zero attached hydrogens (tertiary/aromatic N) is 1. The van der Waals surface area contributed by atoms with Gasteiger partial charge >= 0.3 is 6.09 Å². The van der Waals surface area contributed by atoms with E-state index >= 15 is 0 Å². The number of benzene rings is 2. The van der Waals surface area contributed by atoms with E-state index in [1.54, 1.807) is 19.2 Å². The fraction of sp³-hybridized carbons (Fsp3) is 0.300. The molecule has 0 saturated carbocycles. The van der Waals surface area contributed by atoms with Gasteiger partial charge in [-0.15, -0.1) is 0 Å². The molecule has 0 saturated heterocycles. The van der Waals surface area contributed by atoms with E-state index in [0.717, 1.165) is 11.3 Å². The monoisotopic (exact) mass is 372 g/mol. The highest BCUT2D eigenvalue weighted by molar-refractivity contribution is 5.82. The molecule has 2 aromatic carbocycles. The van der Waals surface area contributed by atoms with Crippen LogP contribution in [0.15, 0.2) is 53.6 Å². The van der Waals surface area contributed by atoms with E-state index < -0.39 is 6.09 Å². The summed E-state index contributed by atoms with van der Waals surface area (Å²) in [5.41, 5.74) is 2.97.